The molecule has 1 amide bonds. The van der Waals surface area contributed by atoms with Crippen LogP contribution < -0.4 is 5.32 Å². The van der Waals surface area contributed by atoms with E-state index in [0.717, 1.165) is 37.2 Å². The van der Waals surface area contributed by atoms with Gasteiger partial charge in [-0.25, -0.2) is 8.78 Å². The molecule has 1 saturated heterocycles. The highest BCUT2D eigenvalue weighted by Crippen LogP contribution is 2.30. The molecule has 156 valence electrons. The van der Waals surface area contributed by atoms with Crippen molar-refractivity contribution in [1.82, 2.24) is 15.2 Å². The molecule has 1 aliphatic heterocycles. The van der Waals surface area contributed by atoms with E-state index >= 15 is 0 Å². The highest BCUT2D eigenvalue weighted by molar-refractivity contribution is 5.76. The molecule has 29 heavy (non-hydrogen) atoms. The van der Waals surface area contributed by atoms with Gasteiger partial charge < -0.3 is 5.32 Å². The van der Waals surface area contributed by atoms with Crippen molar-refractivity contribution < 1.29 is 13.6 Å². The van der Waals surface area contributed by atoms with Crippen LogP contribution in [0.25, 0.3) is 0 Å². The van der Waals surface area contributed by atoms with Crippen LogP contribution in [-0.4, -0.2) is 28.9 Å². The molecule has 2 heterocycles. The number of pyridine rings is 1. The van der Waals surface area contributed by atoms with Crippen LogP contribution in [0.15, 0.2) is 42.6 Å². The zero-order valence-corrected chi connectivity index (χ0v) is 17.1. The molecule has 0 radical (unpaired) electrons. The quantitative estimate of drug-likeness (QED) is 0.744. The highest BCUT2D eigenvalue weighted by atomic mass is 19.2. The number of halogens is 2. The van der Waals surface area contributed by atoms with Crippen molar-refractivity contribution in [3.8, 4) is 0 Å². The number of nitrogens with zero attached hydrogens (tertiary/aromatic N) is 2. The predicted molar refractivity (Wildman–Crippen MR) is 109 cm³/mol. The number of nitrogens with one attached hydrogen (secondary N) is 1. The van der Waals surface area contributed by atoms with Crippen molar-refractivity contribution in [2.24, 2.45) is 11.8 Å². The molecule has 0 aliphatic carbocycles. The van der Waals surface area contributed by atoms with Crippen LogP contribution in [0.2, 0.25) is 0 Å². The summed E-state index contributed by atoms with van der Waals surface area (Å²) in [4.78, 5) is 19.2. The Bertz CT molecular complexity index is 813. The summed E-state index contributed by atoms with van der Waals surface area (Å²) in [5, 5.41) is 3.20. The first kappa shape index (κ1) is 21.4. The van der Waals surface area contributed by atoms with Gasteiger partial charge in [-0.1, -0.05) is 26.0 Å². The van der Waals surface area contributed by atoms with Crippen LogP contribution in [0.1, 0.15) is 50.4 Å². The predicted octanol–water partition coefficient (Wildman–Crippen LogP) is 4.48. The summed E-state index contributed by atoms with van der Waals surface area (Å²) in [5.41, 5.74) is 1.62. The first-order valence-electron chi connectivity index (χ1n) is 10.3. The van der Waals surface area contributed by atoms with Gasteiger partial charge in [0, 0.05) is 25.7 Å². The topological polar surface area (TPSA) is 45.2 Å². The fraction of sp³-hybridized carbons (Fsp3) is 0.478. The minimum Gasteiger partial charge on any atom is -0.347 e. The number of aromatic nitrogens is 1. The summed E-state index contributed by atoms with van der Waals surface area (Å²) in [5.74, 6) is -1.11. The normalized spacial score (nSPS) is 18.6. The molecule has 2 atom stereocenters. The van der Waals surface area contributed by atoms with Crippen molar-refractivity contribution >= 4 is 5.91 Å². The SMILES string of the molecule is CC(C)CC(=O)N[C@H](c1ccccn1)[C@H]1CCCN(Cc2ccc(F)c(F)c2)C1. The van der Waals surface area contributed by atoms with E-state index < -0.39 is 11.6 Å². The Morgan fingerprint density at radius 2 is 2.07 bits per heavy atom. The van der Waals surface area contributed by atoms with Gasteiger partial charge in [0.1, 0.15) is 0 Å². The number of hydrogen-bond acceptors (Lipinski definition) is 3. The molecule has 0 saturated carbocycles. The second-order valence-corrected chi connectivity index (χ2v) is 8.28. The maximum atomic E-state index is 13.6. The molecule has 1 aliphatic rings. The summed E-state index contributed by atoms with van der Waals surface area (Å²) < 4.78 is 26.8. The first-order chi connectivity index (χ1) is 13.9. The minimum atomic E-state index is -0.826. The van der Waals surface area contributed by atoms with E-state index in [2.05, 4.69) is 15.2 Å². The van der Waals surface area contributed by atoms with Crippen LogP contribution in [0.5, 0.6) is 0 Å². The van der Waals surface area contributed by atoms with Crippen molar-refractivity contribution in [3.63, 3.8) is 0 Å². The van der Waals surface area contributed by atoms with Gasteiger partial charge in [0.2, 0.25) is 5.91 Å². The second-order valence-electron chi connectivity index (χ2n) is 8.28. The van der Waals surface area contributed by atoms with Crippen LogP contribution in [0.4, 0.5) is 8.78 Å². The van der Waals surface area contributed by atoms with E-state index in [9.17, 15) is 13.6 Å². The molecule has 4 nitrogen and oxygen atoms in total. The van der Waals surface area contributed by atoms with Crippen LogP contribution in [-0.2, 0) is 11.3 Å². The second kappa shape index (κ2) is 9.92. The monoisotopic (exact) mass is 401 g/mol. The van der Waals surface area contributed by atoms with Gasteiger partial charge in [-0.3, -0.25) is 14.7 Å². The van der Waals surface area contributed by atoms with E-state index in [1.807, 2.05) is 32.0 Å². The Kier molecular flexibility index (Phi) is 7.31. The molecule has 1 N–H and O–H groups in total. The summed E-state index contributed by atoms with van der Waals surface area (Å²) in [7, 11) is 0. The van der Waals surface area contributed by atoms with E-state index in [1.165, 1.54) is 12.1 Å². The molecular weight excluding hydrogens is 372 g/mol. The summed E-state index contributed by atoms with van der Waals surface area (Å²) >= 11 is 0. The lowest BCUT2D eigenvalue weighted by Crippen LogP contribution is -2.43. The summed E-state index contributed by atoms with van der Waals surface area (Å²) in [6, 6.07) is 9.67. The molecule has 3 rings (SSSR count). The Balaban J connectivity index is 1.72. The molecule has 2 aromatic rings. The lowest BCUT2D eigenvalue weighted by Gasteiger charge is -2.37. The van der Waals surface area contributed by atoms with E-state index in [1.54, 1.807) is 12.3 Å². The van der Waals surface area contributed by atoms with Gasteiger partial charge in [0.15, 0.2) is 11.6 Å². The molecule has 1 aromatic carbocycles. The Hall–Kier alpha value is -2.34. The molecule has 6 heteroatoms. The average Bonchev–Trinajstić information content (AvgIpc) is 2.69. The number of likely N-dealkylation sites (tertiary alicyclic amines) is 1. The maximum Gasteiger partial charge on any atom is 0.220 e. The fourth-order valence-corrected chi connectivity index (χ4v) is 4.00. The fourth-order valence-electron chi connectivity index (χ4n) is 4.00. The third kappa shape index (κ3) is 6.07. The average molecular weight is 402 g/mol. The minimum absolute atomic E-state index is 0.0355. The van der Waals surface area contributed by atoms with Crippen molar-refractivity contribution in [2.45, 2.75) is 45.7 Å². The van der Waals surface area contributed by atoms with E-state index in [4.69, 9.17) is 0 Å². The van der Waals surface area contributed by atoms with Crippen molar-refractivity contribution in [3.05, 3.63) is 65.5 Å². The lowest BCUT2D eigenvalue weighted by molar-refractivity contribution is -0.123. The van der Waals surface area contributed by atoms with Crippen molar-refractivity contribution in [2.75, 3.05) is 13.1 Å². The van der Waals surface area contributed by atoms with Crippen LogP contribution >= 0.6 is 0 Å². The smallest absolute Gasteiger partial charge is 0.220 e. The lowest BCUT2D eigenvalue weighted by atomic mass is 9.88. The van der Waals surface area contributed by atoms with E-state index in [-0.39, 0.29) is 23.8 Å². The number of benzene rings is 1. The van der Waals surface area contributed by atoms with Gasteiger partial charge in [0.25, 0.3) is 0 Å². The number of piperidine rings is 1. The Morgan fingerprint density at radius 1 is 1.24 bits per heavy atom. The standard InChI is InChI=1S/C23H29F2N3O/c1-16(2)12-22(29)27-23(21-7-3-4-10-26-21)18-6-5-11-28(15-18)14-17-8-9-19(24)20(25)13-17/h3-4,7-10,13,16,18,23H,5-6,11-12,14-15H2,1-2H3,(H,27,29)/t18-,23-/m0/s1. The zero-order chi connectivity index (χ0) is 20.8. The zero-order valence-electron chi connectivity index (χ0n) is 17.1. The number of carbonyl (C=O) groups excluding carboxylic acids is 1. The molecule has 1 fully saturated rings. The summed E-state index contributed by atoms with van der Waals surface area (Å²) in [6.45, 7) is 6.27. The number of hydrogen-bond donors (Lipinski definition) is 1. The van der Waals surface area contributed by atoms with Gasteiger partial charge >= 0.3 is 0 Å². The third-order valence-electron chi connectivity index (χ3n) is 5.32. The number of rotatable bonds is 7. The molecule has 1 aromatic heterocycles. The van der Waals surface area contributed by atoms with Gasteiger partial charge in [-0.2, -0.15) is 0 Å². The largest absolute Gasteiger partial charge is 0.347 e. The first-order valence-corrected chi connectivity index (χ1v) is 10.3. The Morgan fingerprint density at radius 3 is 2.76 bits per heavy atom. The molecule has 0 bridgehead atoms. The summed E-state index contributed by atoms with van der Waals surface area (Å²) in [6.07, 6.45) is 4.20. The molecule has 0 unspecified atom stereocenters. The molecule has 0 spiro atoms. The van der Waals surface area contributed by atoms with Gasteiger partial charge in [0.05, 0.1) is 11.7 Å². The number of amides is 1. The Labute approximate surface area is 171 Å². The highest BCUT2D eigenvalue weighted by Gasteiger charge is 2.30. The van der Waals surface area contributed by atoms with Gasteiger partial charge in [-0.15, -0.1) is 0 Å². The molecular formula is C23H29F2N3O. The van der Waals surface area contributed by atoms with Crippen LogP contribution in [0, 0.1) is 23.5 Å². The third-order valence-corrected chi connectivity index (χ3v) is 5.32. The van der Waals surface area contributed by atoms with Crippen LogP contribution in [0.3, 0.4) is 0 Å². The van der Waals surface area contributed by atoms with Crippen molar-refractivity contribution in [1.29, 1.82) is 0 Å². The maximum absolute atomic E-state index is 13.6. The van der Waals surface area contributed by atoms with E-state index in [0.29, 0.717) is 13.0 Å². The van der Waals surface area contributed by atoms with Gasteiger partial charge in [-0.05, 0) is 61.1 Å². The number of carbonyl (C=O) groups is 1.